The second-order valence-electron chi connectivity index (χ2n) is 5.66. The van der Waals surface area contributed by atoms with E-state index in [9.17, 15) is 13.2 Å². The van der Waals surface area contributed by atoms with Gasteiger partial charge < -0.3 is 5.32 Å². The van der Waals surface area contributed by atoms with Crippen LogP contribution in [0.15, 0.2) is 17.0 Å². The van der Waals surface area contributed by atoms with Crippen LogP contribution in [-0.2, 0) is 9.05 Å². The number of hydrogen-bond donors (Lipinski definition) is 1. The molecule has 1 amide bonds. The first kappa shape index (κ1) is 16.3. The first-order chi connectivity index (χ1) is 9.79. The number of benzene rings is 1. The summed E-state index contributed by atoms with van der Waals surface area (Å²) in [5.74, 6) is -0.218. The van der Waals surface area contributed by atoms with Gasteiger partial charge in [0.25, 0.3) is 15.0 Å². The van der Waals surface area contributed by atoms with Crippen LogP contribution in [0.1, 0.15) is 53.6 Å². The Kier molecular flexibility index (Phi) is 4.94. The lowest BCUT2D eigenvalue weighted by Gasteiger charge is -2.23. The van der Waals surface area contributed by atoms with Gasteiger partial charge in [0.2, 0.25) is 0 Å². The Morgan fingerprint density at radius 3 is 2.38 bits per heavy atom. The SMILES string of the molecule is Cc1cc(S(=O)(=O)Cl)cc(C(=O)NC2CCCCC2)c1C. The highest BCUT2D eigenvalue weighted by Gasteiger charge is 2.21. The molecule has 0 bridgehead atoms. The Balaban J connectivity index is 2.29. The number of halogens is 1. The Morgan fingerprint density at radius 1 is 1.19 bits per heavy atom. The molecule has 6 heteroatoms. The van der Waals surface area contributed by atoms with Gasteiger partial charge in [-0.15, -0.1) is 0 Å². The molecule has 0 aliphatic heterocycles. The molecule has 116 valence electrons. The van der Waals surface area contributed by atoms with E-state index < -0.39 is 9.05 Å². The topological polar surface area (TPSA) is 63.2 Å². The number of carbonyl (C=O) groups is 1. The monoisotopic (exact) mass is 329 g/mol. The van der Waals surface area contributed by atoms with Gasteiger partial charge in [0.05, 0.1) is 4.90 Å². The van der Waals surface area contributed by atoms with E-state index >= 15 is 0 Å². The Morgan fingerprint density at radius 2 is 1.81 bits per heavy atom. The molecule has 1 aliphatic rings. The number of rotatable bonds is 3. The van der Waals surface area contributed by atoms with Crippen LogP contribution in [0.4, 0.5) is 0 Å². The summed E-state index contributed by atoms with van der Waals surface area (Å²) in [4.78, 5) is 12.4. The molecule has 0 atom stereocenters. The molecule has 4 nitrogen and oxygen atoms in total. The summed E-state index contributed by atoms with van der Waals surface area (Å²) in [6.07, 6.45) is 5.43. The first-order valence-electron chi connectivity index (χ1n) is 7.16. The van der Waals surface area contributed by atoms with Crippen molar-refractivity contribution in [3.8, 4) is 0 Å². The molecule has 0 saturated heterocycles. The number of hydrogen-bond acceptors (Lipinski definition) is 3. The summed E-state index contributed by atoms with van der Waals surface area (Å²) in [6, 6.07) is 3.04. The molecule has 0 heterocycles. The Hall–Kier alpha value is -1.07. The molecule has 1 aromatic carbocycles. The molecule has 0 unspecified atom stereocenters. The van der Waals surface area contributed by atoms with Crippen LogP contribution >= 0.6 is 10.7 Å². The van der Waals surface area contributed by atoms with Crippen molar-refractivity contribution in [2.75, 3.05) is 0 Å². The maximum Gasteiger partial charge on any atom is 0.261 e. The van der Waals surface area contributed by atoms with Crippen LogP contribution in [-0.4, -0.2) is 20.4 Å². The van der Waals surface area contributed by atoms with Crippen molar-refractivity contribution in [1.82, 2.24) is 5.32 Å². The lowest BCUT2D eigenvalue weighted by atomic mass is 9.95. The van der Waals surface area contributed by atoms with E-state index in [0.717, 1.165) is 36.8 Å². The summed E-state index contributed by atoms with van der Waals surface area (Å²) < 4.78 is 23.0. The number of aryl methyl sites for hydroxylation is 1. The fraction of sp³-hybridized carbons (Fsp3) is 0.533. The molecule has 1 N–H and O–H groups in total. The predicted octanol–water partition coefficient (Wildman–Crippen LogP) is 3.29. The van der Waals surface area contributed by atoms with E-state index in [0.29, 0.717) is 5.56 Å². The molecular weight excluding hydrogens is 310 g/mol. The third kappa shape index (κ3) is 3.98. The lowest BCUT2D eigenvalue weighted by Crippen LogP contribution is -2.36. The predicted molar refractivity (Wildman–Crippen MR) is 83.3 cm³/mol. The van der Waals surface area contributed by atoms with Gasteiger partial charge in [0, 0.05) is 22.3 Å². The van der Waals surface area contributed by atoms with Gasteiger partial charge in [-0.05, 0) is 49.9 Å². The number of nitrogens with one attached hydrogen (secondary N) is 1. The second kappa shape index (κ2) is 6.36. The van der Waals surface area contributed by atoms with Crippen LogP contribution in [0.5, 0.6) is 0 Å². The molecule has 1 aliphatic carbocycles. The molecular formula is C15H20ClNO3S. The van der Waals surface area contributed by atoms with Crippen molar-refractivity contribution < 1.29 is 13.2 Å². The average Bonchev–Trinajstić information content (AvgIpc) is 2.41. The highest BCUT2D eigenvalue weighted by atomic mass is 35.7. The largest absolute Gasteiger partial charge is 0.349 e. The zero-order chi connectivity index (χ0) is 15.6. The number of carbonyl (C=O) groups excluding carboxylic acids is 1. The van der Waals surface area contributed by atoms with E-state index in [2.05, 4.69) is 5.32 Å². The van der Waals surface area contributed by atoms with E-state index in [1.165, 1.54) is 18.6 Å². The van der Waals surface area contributed by atoms with Gasteiger partial charge in [0.1, 0.15) is 0 Å². The molecule has 1 aromatic rings. The zero-order valence-electron chi connectivity index (χ0n) is 12.3. The van der Waals surface area contributed by atoms with E-state index in [4.69, 9.17) is 10.7 Å². The minimum atomic E-state index is -3.84. The van der Waals surface area contributed by atoms with Gasteiger partial charge in [-0.25, -0.2) is 8.42 Å². The van der Waals surface area contributed by atoms with Crippen molar-refractivity contribution in [1.29, 1.82) is 0 Å². The average molecular weight is 330 g/mol. The molecule has 1 saturated carbocycles. The fourth-order valence-electron chi connectivity index (χ4n) is 2.71. The maximum absolute atomic E-state index is 12.4. The van der Waals surface area contributed by atoms with Gasteiger partial charge >= 0.3 is 0 Å². The Bertz CT molecular complexity index is 649. The van der Waals surface area contributed by atoms with Crippen molar-refractivity contribution in [2.24, 2.45) is 0 Å². The summed E-state index contributed by atoms with van der Waals surface area (Å²) >= 11 is 0. The van der Waals surface area contributed by atoms with Gasteiger partial charge in [0.15, 0.2) is 0 Å². The normalized spacial score (nSPS) is 16.7. The summed E-state index contributed by atoms with van der Waals surface area (Å²) in [6.45, 7) is 3.59. The molecule has 0 spiro atoms. The number of amides is 1. The lowest BCUT2D eigenvalue weighted by molar-refractivity contribution is 0.0927. The molecule has 0 radical (unpaired) electrons. The fourth-order valence-corrected chi connectivity index (χ4v) is 3.56. The molecule has 21 heavy (non-hydrogen) atoms. The minimum absolute atomic E-state index is 0.0268. The van der Waals surface area contributed by atoms with Gasteiger partial charge in [-0.1, -0.05) is 19.3 Å². The third-order valence-corrected chi connectivity index (χ3v) is 5.44. The van der Waals surface area contributed by atoms with Crippen LogP contribution in [0, 0.1) is 13.8 Å². The van der Waals surface area contributed by atoms with Crippen LogP contribution in [0.2, 0.25) is 0 Å². The maximum atomic E-state index is 12.4. The minimum Gasteiger partial charge on any atom is -0.349 e. The first-order valence-corrected chi connectivity index (χ1v) is 9.47. The zero-order valence-corrected chi connectivity index (χ0v) is 13.9. The van der Waals surface area contributed by atoms with E-state index in [1.807, 2.05) is 6.92 Å². The quantitative estimate of drug-likeness (QED) is 0.865. The Labute approximate surface area is 130 Å². The third-order valence-electron chi connectivity index (χ3n) is 4.11. The van der Waals surface area contributed by atoms with Crippen molar-refractivity contribution >= 4 is 25.6 Å². The highest BCUT2D eigenvalue weighted by Crippen LogP contribution is 2.24. The molecule has 1 fully saturated rings. The van der Waals surface area contributed by atoms with Crippen molar-refractivity contribution in [3.05, 3.63) is 28.8 Å². The standard InChI is InChI=1S/C15H20ClNO3S/c1-10-8-13(21(16,19)20)9-14(11(10)2)15(18)17-12-6-4-3-5-7-12/h8-9,12H,3-7H2,1-2H3,(H,17,18). The summed E-state index contributed by atoms with van der Waals surface area (Å²) in [7, 11) is 1.55. The van der Waals surface area contributed by atoms with Crippen LogP contribution < -0.4 is 5.32 Å². The van der Waals surface area contributed by atoms with E-state index in [-0.39, 0.29) is 16.8 Å². The van der Waals surface area contributed by atoms with Gasteiger partial charge in [-0.3, -0.25) is 4.79 Å². The summed E-state index contributed by atoms with van der Waals surface area (Å²) in [5.41, 5.74) is 1.91. The van der Waals surface area contributed by atoms with E-state index in [1.54, 1.807) is 6.92 Å². The highest BCUT2D eigenvalue weighted by molar-refractivity contribution is 8.13. The summed E-state index contributed by atoms with van der Waals surface area (Å²) in [5, 5.41) is 3.01. The van der Waals surface area contributed by atoms with Crippen LogP contribution in [0.25, 0.3) is 0 Å². The molecule has 2 rings (SSSR count). The van der Waals surface area contributed by atoms with Crippen molar-refractivity contribution in [2.45, 2.75) is 56.9 Å². The smallest absolute Gasteiger partial charge is 0.261 e. The van der Waals surface area contributed by atoms with Crippen molar-refractivity contribution in [3.63, 3.8) is 0 Å². The molecule has 0 aromatic heterocycles. The second-order valence-corrected chi connectivity index (χ2v) is 8.22. The van der Waals surface area contributed by atoms with Gasteiger partial charge in [-0.2, -0.15) is 0 Å². The van der Waals surface area contributed by atoms with Crippen LogP contribution in [0.3, 0.4) is 0 Å².